The van der Waals surface area contributed by atoms with Crippen LogP contribution in [0.3, 0.4) is 0 Å². The number of hydrogen-bond acceptors (Lipinski definition) is 5. The van der Waals surface area contributed by atoms with Crippen molar-refractivity contribution in [1.82, 2.24) is 5.32 Å². The van der Waals surface area contributed by atoms with Crippen LogP contribution in [0.2, 0.25) is 0 Å². The van der Waals surface area contributed by atoms with Gasteiger partial charge in [-0.05, 0) is 12.1 Å². The Kier molecular flexibility index (Phi) is 5.38. The van der Waals surface area contributed by atoms with E-state index in [1.54, 1.807) is 18.2 Å². The number of rotatable bonds is 7. The lowest BCUT2D eigenvalue weighted by Gasteiger charge is -2.11. The highest BCUT2D eigenvalue weighted by Crippen LogP contribution is 2.34. The number of anilines is 1. The van der Waals surface area contributed by atoms with E-state index in [0.29, 0.717) is 18.3 Å². The molecule has 1 aromatic carbocycles. The number of ether oxygens (including phenoxy) is 1. The fourth-order valence-corrected chi connectivity index (χ4v) is 1.58. The summed E-state index contributed by atoms with van der Waals surface area (Å²) in [4.78, 5) is 10.6. The van der Waals surface area contributed by atoms with Gasteiger partial charge < -0.3 is 15.4 Å². The van der Waals surface area contributed by atoms with E-state index in [-0.39, 0.29) is 11.4 Å². The van der Waals surface area contributed by atoms with Crippen LogP contribution in [0.5, 0.6) is 5.75 Å². The molecular formula is C12H19N3O3. The molecule has 0 fully saturated rings. The second-order valence-electron chi connectivity index (χ2n) is 4.15. The molecule has 1 rings (SSSR count). The average Bonchev–Trinajstić information content (AvgIpc) is 2.33. The third-order valence-corrected chi connectivity index (χ3v) is 2.39. The first-order chi connectivity index (χ1) is 8.56. The van der Waals surface area contributed by atoms with Crippen molar-refractivity contribution in [3.8, 4) is 5.75 Å². The van der Waals surface area contributed by atoms with Crippen LogP contribution in [0.15, 0.2) is 18.2 Å². The number of nitrogens with one attached hydrogen (secondary N) is 2. The minimum Gasteiger partial charge on any atom is -0.490 e. The monoisotopic (exact) mass is 253 g/mol. The lowest BCUT2D eigenvalue weighted by Crippen LogP contribution is -2.28. The first-order valence-corrected chi connectivity index (χ1v) is 5.85. The summed E-state index contributed by atoms with van der Waals surface area (Å²) in [6, 6.07) is 5.38. The van der Waals surface area contributed by atoms with E-state index in [4.69, 9.17) is 4.74 Å². The zero-order chi connectivity index (χ0) is 13.5. The molecule has 1 aromatic rings. The summed E-state index contributed by atoms with van der Waals surface area (Å²) in [5.41, 5.74) is 0.453. The van der Waals surface area contributed by atoms with Gasteiger partial charge in [0.25, 0.3) is 0 Å². The molecule has 18 heavy (non-hydrogen) atoms. The largest absolute Gasteiger partial charge is 0.490 e. The van der Waals surface area contributed by atoms with Crippen LogP contribution in [0.1, 0.15) is 13.8 Å². The first kappa shape index (κ1) is 14.2. The molecule has 0 aliphatic rings. The normalized spacial score (nSPS) is 10.4. The summed E-state index contributed by atoms with van der Waals surface area (Å²) >= 11 is 0. The van der Waals surface area contributed by atoms with Crippen LogP contribution in [0.4, 0.5) is 11.4 Å². The fraction of sp³-hybridized carbons (Fsp3) is 0.500. The number of nitro benzene ring substituents is 1. The predicted octanol–water partition coefficient (Wildman–Crippen LogP) is 2.01. The fourth-order valence-electron chi connectivity index (χ4n) is 1.58. The van der Waals surface area contributed by atoms with Gasteiger partial charge in [0.05, 0.1) is 12.0 Å². The van der Waals surface area contributed by atoms with Gasteiger partial charge in [0.2, 0.25) is 0 Å². The van der Waals surface area contributed by atoms with Crippen molar-refractivity contribution in [2.75, 3.05) is 25.5 Å². The van der Waals surface area contributed by atoms with Crippen LogP contribution >= 0.6 is 0 Å². The third-order valence-electron chi connectivity index (χ3n) is 2.39. The molecular weight excluding hydrogens is 234 g/mol. The maximum absolute atomic E-state index is 11.0. The molecule has 0 aliphatic heterocycles. The number of hydrogen-bond donors (Lipinski definition) is 2. The van der Waals surface area contributed by atoms with Crippen LogP contribution in [0, 0.1) is 10.1 Å². The van der Waals surface area contributed by atoms with E-state index in [0.717, 1.165) is 6.54 Å². The molecule has 0 atom stereocenters. The van der Waals surface area contributed by atoms with Crippen LogP contribution < -0.4 is 15.4 Å². The Morgan fingerprint density at radius 1 is 1.39 bits per heavy atom. The summed E-state index contributed by atoms with van der Waals surface area (Å²) in [5, 5.41) is 17.3. The second-order valence-corrected chi connectivity index (χ2v) is 4.15. The second kappa shape index (κ2) is 6.80. The lowest BCUT2D eigenvalue weighted by molar-refractivity contribution is -0.384. The van der Waals surface area contributed by atoms with Gasteiger partial charge in [-0.2, -0.15) is 0 Å². The average molecular weight is 253 g/mol. The van der Waals surface area contributed by atoms with Crippen LogP contribution in [-0.4, -0.2) is 31.2 Å². The van der Waals surface area contributed by atoms with Crippen LogP contribution in [-0.2, 0) is 0 Å². The lowest BCUT2D eigenvalue weighted by atomic mass is 10.2. The van der Waals surface area contributed by atoms with E-state index in [2.05, 4.69) is 10.6 Å². The van der Waals surface area contributed by atoms with E-state index in [1.165, 1.54) is 7.11 Å². The summed E-state index contributed by atoms with van der Waals surface area (Å²) in [6.45, 7) is 5.46. The first-order valence-electron chi connectivity index (χ1n) is 5.85. The molecule has 0 spiro atoms. The number of nitro groups is 1. The minimum absolute atomic E-state index is 0.0236. The van der Waals surface area contributed by atoms with Crippen molar-refractivity contribution in [3.05, 3.63) is 28.3 Å². The third kappa shape index (κ3) is 3.89. The van der Waals surface area contributed by atoms with Gasteiger partial charge in [0, 0.05) is 19.1 Å². The Morgan fingerprint density at radius 2 is 2.11 bits per heavy atom. The van der Waals surface area contributed by atoms with Gasteiger partial charge in [-0.3, -0.25) is 10.1 Å². The highest BCUT2D eigenvalue weighted by Gasteiger charge is 2.19. The molecule has 100 valence electrons. The van der Waals surface area contributed by atoms with Gasteiger partial charge in [-0.15, -0.1) is 0 Å². The predicted molar refractivity (Wildman–Crippen MR) is 71.3 cm³/mol. The highest BCUT2D eigenvalue weighted by molar-refractivity contribution is 5.68. The molecule has 0 amide bonds. The molecule has 0 aromatic heterocycles. The molecule has 0 bridgehead atoms. The zero-order valence-corrected chi connectivity index (χ0v) is 10.9. The van der Waals surface area contributed by atoms with Gasteiger partial charge in [0.1, 0.15) is 5.69 Å². The molecule has 6 nitrogen and oxygen atoms in total. The van der Waals surface area contributed by atoms with E-state index >= 15 is 0 Å². The maximum atomic E-state index is 11.0. The summed E-state index contributed by atoms with van der Waals surface area (Å²) in [5.74, 6) is 0.266. The SMILES string of the molecule is COc1cccc(NCCNC(C)C)c1[N+](=O)[O-]. The Morgan fingerprint density at radius 3 is 2.67 bits per heavy atom. The number of benzene rings is 1. The van der Waals surface area contributed by atoms with Gasteiger partial charge >= 0.3 is 5.69 Å². The zero-order valence-electron chi connectivity index (χ0n) is 10.9. The van der Waals surface area contributed by atoms with Gasteiger partial charge in [-0.25, -0.2) is 0 Å². The summed E-state index contributed by atoms with van der Waals surface area (Å²) < 4.78 is 4.99. The van der Waals surface area contributed by atoms with Crippen molar-refractivity contribution >= 4 is 11.4 Å². The van der Waals surface area contributed by atoms with Crippen molar-refractivity contribution in [2.24, 2.45) is 0 Å². The standard InChI is InChI=1S/C12H19N3O3/c1-9(2)13-7-8-14-10-5-4-6-11(18-3)12(10)15(16)17/h4-6,9,13-14H,7-8H2,1-3H3. The Bertz CT molecular complexity index is 408. The smallest absolute Gasteiger partial charge is 0.333 e. The minimum atomic E-state index is -0.433. The Balaban J connectivity index is 2.72. The Labute approximate surface area is 106 Å². The molecule has 6 heteroatoms. The van der Waals surface area contributed by atoms with E-state index in [1.807, 2.05) is 13.8 Å². The summed E-state index contributed by atoms with van der Waals surface area (Å²) in [7, 11) is 1.42. The number of methoxy groups -OCH3 is 1. The van der Waals surface area contributed by atoms with Crippen molar-refractivity contribution in [2.45, 2.75) is 19.9 Å². The number of nitrogens with zero attached hydrogens (tertiary/aromatic N) is 1. The molecule has 0 radical (unpaired) electrons. The van der Waals surface area contributed by atoms with E-state index in [9.17, 15) is 10.1 Å². The van der Waals surface area contributed by atoms with Crippen molar-refractivity contribution in [1.29, 1.82) is 0 Å². The van der Waals surface area contributed by atoms with Crippen molar-refractivity contribution in [3.63, 3.8) is 0 Å². The van der Waals surface area contributed by atoms with Crippen LogP contribution in [0.25, 0.3) is 0 Å². The quantitative estimate of drug-likeness (QED) is 0.441. The topological polar surface area (TPSA) is 76.4 Å². The van der Waals surface area contributed by atoms with Gasteiger partial charge in [-0.1, -0.05) is 19.9 Å². The van der Waals surface area contributed by atoms with Gasteiger partial charge in [0.15, 0.2) is 5.75 Å². The molecule has 0 aliphatic carbocycles. The maximum Gasteiger partial charge on any atom is 0.333 e. The van der Waals surface area contributed by atoms with Crippen molar-refractivity contribution < 1.29 is 9.66 Å². The molecule has 2 N–H and O–H groups in total. The Hall–Kier alpha value is -1.82. The molecule has 0 heterocycles. The molecule has 0 unspecified atom stereocenters. The highest BCUT2D eigenvalue weighted by atomic mass is 16.6. The summed E-state index contributed by atoms with van der Waals surface area (Å²) in [6.07, 6.45) is 0. The van der Waals surface area contributed by atoms with E-state index < -0.39 is 4.92 Å². The molecule has 0 saturated heterocycles. The molecule has 0 saturated carbocycles. The number of para-hydroxylation sites is 1.